The van der Waals surface area contributed by atoms with Crippen molar-refractivity contribution in [1.29, 1.82) is 0 Å². The van der Waals surface area contributed by atoms with Crippen molar-refractivity contribution in [1.82, 2.24) is 15.1 Å². The van der Waals surface area contributed by atoms with Crippen molar-refractivity contribution in [3.63, 3.8) is 0 Å². The third-order valence-corrected chi connectivity index (χ3v) is 4.60. The van der Waals surface area contributed by atoms with Crippen LogP contribution in [-0.2, 0) is 9.53 Å². The number of ether oxygens (including phenoxy) is 2. The number of para-hydroxylation sites is 1. The molecule has 0 unspecified atom stereocenters. The first-order valence-electron chi connectivity index (χ1n) is 8.59. The molecule has 0 N–H and O–H groups in total. The van der Waals surface area contributed by atoms with Gasteiger partial charge in [0.25, 0.3) is 0 Å². The highest BCUT2D eigenvalue weighted by Crippen LogP contribution is 2.35. The number of aromatic nitrogens is 2. The van der Waals surface area contributed by atoms with Crippen LogP contribution >= 0.6 is 0 Å². The molecule has 0 saturated carbocycles. The molecule has 1 amide bonds. The van der Waals surface area contributed by atoms with Gasteiger partial charge in [-0.05, 0) is 6.07 Å². The van der Waals surface area contributed by atoms with Crippen molar-refractivity contribution in [2.45, 2.75) is 31.8 Å². The second kappa shape index (κ2) is 6.48. The van der Waals surface area contributed by atoms with Gasteiger partial charge in [0.2, 0.25) is 17.7 Å². The van der Waals surface area contributed by atoms with Crippen molar-refractivity contribution in [2.24, 2.45) is 0 Å². The summed E-state index contributed by atoms with van der Waals surface area (Å²) in [6, 6.07) is 7.70. The summed E-state index contributed by atoms with van der Waals surface area (Å²) in [4.78, 5) is 14.8. The Balaban J connectivity index is 1.48. The van der Waals surface area contributed by atoms with Gasteiger partial charge in [0.05, 0.1) is 13.2 Å². The quantitative estimate of drug-likeness (QED) is 0.851. The summed E-state index contributed by atoms with van der Waals surface area (Å²) in [6.07, 6.45) is -0.379. The van der Waals surface area contributed by atoms with Gasteiger partial charge in [0, 0.05) is 18.0 Å². The minimum atomic E-state index is -0.379. The lowest BCUT2D eigenvalue weighted by atomic mass is 9.99. The number of carbonyl (C=O) groups excluding carboxylic acids is 1. The normalized spacial score (nSPS) is 22.8. The monoisotopic (exact) mass is 343 g/mol. The fraction of sp³-hybridized carbons (Fsp3) is 0.500. The molecule has 1 fully saturated rings. The fourth-order valence-corrected chi connectivity index (χ4v) is 3.20. The van der Waals surface area contributed by atoms with Crippen molar-refractivity contribution in [3.05, 3.63) is 41.6 Å². The minimum Gasteiger partial charge on any atom is -0.492 e. The van der Waals surface area contributed by atoms with Gasteiger partial charge in [-0.1, -0.05) is 32.0 Å². The molecule has 2 aromatic rings. The Kier molecular flexibility index (Phi) is 4.17. The van der Waals surface area contributed by atoms with Gasteiger partial charge < -0.3 is 18.8 Å². The predicted molar refractivity (Wildman–Crippen MR) is 88.3 cm³/mol. The molecule has 2 aliphatic rings. The van der Waals surface area contributed by atoms with Gasteiger partial charge in [-0.15, -0.1) is 10.2 Å². The van der Waals surface area contributed by atoms with E-state index in [0.717, 1.165) is 11.3 Å². The first-order valence-corrected chi connectivity index (χ1v) is 8.59. The van der Waals surface area contributed by atoms with E-state index in [2.05, 4.69) is 10.2 Å². The van der Waals surface area contributed by atoms with Crippen LogP contribution in [0.2, 0.25) is 0 Å². The number of nitrogens with zero attached hydrogens (tertiary/aromatic N) is 3. The number of amides is 1. The molecule has 132 valence electrons. The molecule has 0 spiro atoms. The molecule has 7 heteroatoms. The third kappa shape index (κ3) is 3.00. The van der Waals surface area contributed by atoms with Crippen molar-refractivity contribution < 1.29 is 18.7 Å². The van der Waals surface area contributed by atoms with Crippen LogP contribution in [0.25, 0.3) is 0 Å². The van der Waals surface area contributed by atoms with Gasteiger partial charge in [0.1, 0.15) is 18.3 Å². The molecule has 0 bridgehead atoms. The zero-order chi connectivity index (χ0) is 17.4. The van der Waals surface area contributed by atoms with Gasteiger partial charge in [0.15, 0.2) is 6.10 Å². The Bertz CT molecular complexity index is 773. The standard InChI is InChI=1S/C18H21N3O4/c1-11(2)16-19-20-17(25-16)15-9-21(7-8-23-15)18(22)13-10-24-14-6-4-3-5-12(13)14/h3-6,11,13,15H,7-10H2,1-2H3/t13-,15+/m0/s1. The second-order valence-electron chi connectivity index (χ2n) is 6.68. The summed E-state index contributed by atoms with van der Waals surface area (Å²) in [7, 11) is 0. The number of carbonyl (C=O) groups is 1. The average Bonchev–Trinajstić information content (AvgIpc) is 3.28. The topological polar surface area (TPSA) is 77.7 Å². The largest absolute Gasteiger partial charge is 0.492 e. The highest BCUT2D eigenvalue weighted by atomic mass is 16.5. The predicted octanol–water partition coefficient (Wildman–Crippen LogP) is 2.27. The third-order valence-electron chi connectivity index (χ3n) is 4.60. The maximum atomic E-state index is 13.0. The Morgan fingerprint density at radius 3 is 2.92 bits per heavy atom. The molecule has 1 aromatic heterocycles. The van der Waals surface area contributed by atoms with Crippen molar-refractivity contribution in [2.75, 3.05) is 26.3 Å². The van der Waals surface area contributed by atoms with E-state index in [1.807, 2.05) is 43.0 Å². The van der Waals surface area contributed by atoms with E-state index in [9.17, 15) is 4.79 Å². The molecule has 3 heterocycles. The maximum Gasteiger partial charge on any atom is 0.247 e. The highest BCUT2D eigenvalue weighted by molar-refractivity contribution is 5.85. The van der Waals surface area contributed by atoms with E-state index >= 15 is 0 Å². The molecule has 4 rings (SSSR count). The number of morpholine rings is 1. The highest BCUT2D eigenvalue weighted by Gasteiger charge is 2.36. The summed E-state index contributed by atoms with van der Waals surface area (Å²) >= 11 is 0. The summed E-state index contributed by atoms with van der Waals surface area (Å²) in [5.41, 5.74) is 0.954. The van der Waals surface area contributed by atoms with Gasteiger partial charge in [-0.25, -0.2) is 0 Å². The van der Waals surface area contributed by atoms with Crippen LogP contribution in [0.5, 0.6) is 5.75 Å². The van der Waals surface area contributed by atoms with E-state index in [-0.39, 0.29) is 23.8 Å². The maximum absolute atomic E-state index is 13.0. The fourth-order valence-electron chi connectivity index (χ4n) is 3.20. The van der Waals surface area contributed by atoms with Crippen LogP contribution in [0.15, 0.2) is 28.7 Å². The van der Waals surface area contributed by atoms with E-state index in [1.165, 1.54) is 0 Å². The Morgan fingerprint density at radius 2 is 2.12 bits per heavy atom. The van der Waals surface area contributed by atoms with Crippen LogP contribution < -0.4 is 4.74 Å². The number of hydrogen-bond donors (Lipinski definition) is 0. The molecule has 0 aliphatic carbocycles. The Morgan fingerprint density at radius 1 is 1.28 bits per heavy atom. The molecule has 25 heavy (non-hydrogen) atoms. The van der Waals surface area contributed by atoms with Crippen LogP contribution in [0.4, 0.5) is 0 Å². The number of hydrogen-bond acceptors (Lipinski definition) is 6. The van der Waals surface area contributed by atoms with Crippen LogP contribution in [0, 0.1) is 0 Å². The van der Waals surface area contributed by atoms with Crippen molar-refractivity contribution in [3.8, 4) is 5.75 Å². The zero-order valence-electron chi connectivity index (χ0n) is 14.3. The van der Waals surface area contributed by atoms with Gasteiger partial charge in [-0.2, -0.15) is 0 Å². The lowest BCUT2D eigenvalue weighted by Crippen LogP contribution is -2.44. The van der Waals surface area contributed by atoms with E-state index < -0.39 is 0 Å². The Hall–Kier alpha value is -2.41. The first-order chi connectivity index (χ1) is 12.1. The molecule has 1 saturated heterocycles. The van der Waals surface area contributed by atoms with Gasteiger partial charge >= 0.3 is 0 Å². The SMILES string of the molecule is CC(C)c1nnc([C@H]2CN(C(=O)[C@H]3COc4ccccc43)CCO2)o1. The zero-order valence-corrected chi connectivity index (χ0v) is 14.3. The average molecular weight is 343 g/mol. The van der Waals surface area contributed by atoms with E-state index in [0.29, 0.717) is 38.1 Å². The lowest BCUT2D eigenvalue weighted by molar-refractivity contribution is -0.141. The summed E-state index contributed by atoms with van der Waals surface area (Å²) in [6.45, 7) is 5.79. The molecule has 7 nitrogen and oxygen atoms in total. The summed E-state index contributed by atoms with van der Waals surface area (Å²) in [5.74, 6) is 1.77. The number of fused-ring (bicyclic) bond motifs is 1. The minimum absolute atomic E-state index is 0.0573. The van der Waals surface area contributed by atoms with E-state index in [4.69, 9.17) is 13.9 Å². The molecule has 2 atom stereocenters. The Labute approximate surface area is 145 Å². The molecule has 1 aromatic carbocycles. The lowest BCUT2D eigenvalue weighted by Gasteiger charge is -2.32. The number of benzene rings is 1. The molecular weight excluding hydrogens is 322 g/mol. The molecule has 0 radical (unpaired) electrons. The molecule has 2 aliphatic heterocycles. The molecular formula is C18H21N3O4. The summed E-state index contributed by atoms with van der Waals surface area (Å²) in [5, 5.41) is 8.13. The van der Waals surface area contributed by atoms with Crippen LogP contribution in [-0.4, -0.2) is 47.3 Å². The second-order valence-corrected chi connectivity index (χ2v) is 6.68. The van der Waals surface area contributed by atoms with E-state index in [1.54, 1.807) is 0 Å². The van der Waals surface area contributed by atoms with Crippen molar-refractivity contribution >= 4 is 5.91 Å². The summed E-state index contributed by atoms with van der Waals surface area (Å²) < 4.78 is 17.1. The van der Waals surface area contributed by atoms with Crippen LogP contribution in [0.1, 0.15) is 49.1 Å². The van der Waals surface area contributed by atoms with Gasteiger partial charge in [-0.3, -0.25) is 4.79 Å². The number of rotatable bonds is 3. The van der Waals surface area contributed by atoms with Crippen LogP contribution in [0.3, 0.4) is 0 Å². The first kappa shape index (κ1) is 16.1. The smallest absolute Gasteiger partial charge is 0.247 e.